The summed E-state index contributed by atoms with van der Waals surface area (Å²) < 4.78 is 11.5. The molecule has 0 aliphatic heterocycles. The third kappa shape index (κ3) is 3.33. The van der Waals surface area contributed by atoms with E-state index in [4.69, 9.17) is 9.47 Å². The lowest BCUT2D eigenvalue weighted by Gasteiger charge is -2.58. The van der Waals surface area contributed by atoms with Gasteiger partial charge in [-0.15, -0.1) is 0 Å². The minimum absolute atomic E-state index is 0.0128. The highest BCUT2D eigenvalue weighted by Gasteiger charge is 2.60. The summed E-state index contributed by atoms with van der Waals surface area (Å²) in [7, 11) is 0. The van der Waals surface area contributed by atoms with Gasteiger partial charge in [0.05, 0.1) is 0 Å². The van der Waals surface area contributed by atoms with E-state index in [0.29, 0.717) is 17.6 Å². The van der Waals surface area contributed by atoms with Gasteiger partial charge in [0.25, 0.3) is 0 Å². The molecule has 166 valence electrons. The van der Waals surface area contributed by atoms with Gasteiger partial charge in [0.15, 0.2) is 0 Å². The monoisotopic (exact) mass is 416 g/mol. The van der Waals surface area contributed by atoms with E-state index in [1.165, 1.54) is 19.4 Å². The number of rotatable bonds is 3. The smallest absolute Gasteiger partial charge is 0.302 e. The molecule has 30 heavy (non-hydrogen) atoms. The number of carbonyl (C=O) groups is 3. The third-order valence-corrected chi connectivity index (χ3v) is 9.11. The van der Waals surface area contributed by atoms with Crippen LogP contribution in [0, 0.1) is 34.5 Å². The molecule has 5 nitrogen and oxygen atoms in total. The Kier molecular flexibility index (Phi) is 5.39. The predicted octanol–water partition coefficient (Wildman–Crippen LogP) is 4.63. The van der Waals surface area contributed by atoms with Crippen molar-refractivity contribution in [3.8, 4) is 0 Å². The van der Waals surface area contributed by atoms with Crippen LogP contribution in [-0.2, 0) is 23.9 Å². The molecular formula is C25H36O5. The van der Waals surface area contributed by atoms with Crippen LogP contribution in [0.25, 0.3) is 0 Å². The van der Waals surface area contributed by atoms with Crippen LogP contribution >= 0.6 is 0 Å². The Labute approximate surface area is 179 Å². The fourth-order valence-electron chi connectivity index (χ4n) is 7.86. The lowest BCUT2D eigenvalue weighted by molar-refractivity contribution is -0.168. The Morgan fingerprint density at radius 1 is 0.933 bits per heavy atom. The molecule has 0 spiro atoms. The van der Waals surface area contributed by atoms with Gasteiger partial charge in [0, 0.05) is 25.7 Å². The maximum absolute atomic E-state index is 12.4. The van der Waals surface area contributed by atoms with Gasteiger partial charge in [-0.3, -0.25) is 14.4 Å². The highest BCUT2D eigenvalue weighted by atomic mass is 16.5. The molecule has 0 aromatic rings. The highest BCUT2D eigenvalue weighted by Crippen LogP contribution is 2.65. The molecule has 0 heterocycles. The van der Waals surface area contributed by atoms with Crippen molar-refractivity contribution in [1.82, 2.24) is 0 Å². The van der Waals surface area contributed by atoms with Gasteiger partial charge in [-0.05, 0) is 74.5 Å². The number of esters is 2. The van der Waals surface area contributed by atoms with Crippen LogP contribution in [0.1, 0.15) is 79.6 Å². The van der Waals surface area contributed by atoms with E-state index >= 15 is 0 Å². The van der Waals surface area contributed by atoms with Gasteiger partial charge in [-0.1, -0.05) is 25.5 Å². The normalized spacial score (nSPS) is 44.8. The zero-order valence-electron chi connectivity index (χ0n) is 19.0. The van der Waals surface area contributed by atoms with E-state index in [2.05, 4.69) is 19.9 Å². The lowest BCUT2D eigenvalue weighted by Crippen LogP contribution is -2.55. The van der Waals surface area contributed by atoms with Gasteiger partial charge < -0.3 is 9.47 Å². The van der Waals surface area contributed by atoms with Crippen molar-refractivity contribution < 1.29 is 23.9 Å². The minimum Gasteiger partial charge on any atom is -0.463 e. The first-order chi connectivity index (χ1) is 14.1. The van der Waals surface area contributed by atoms with E-state index in [1.807, 2.05) is 0 Å². The number of ether oxygens (including phenoxy) is 2. The Balaban J connectivity index is 1.69. The standard InChI is InChI=1S/C25H36O5/c1-14(26)19-6-7-20-18-13-23(30-16(3)28)22-12-17(29-15(2)27)8-10-25(22,5)21(18)9-11-24(19,20)4/h9,17-20,22-23H,6-8,10-13H2,1-5H3/t17-,18-,19+,20-,22+,23-,24+,25+/m0/s1. The van der Waals surface area contributed by atoms with Crippen molar-refractivity contribution in [3.63, 3.8) is 0 Å². The first-order valence-electron chi connectivity index (χ1n) is 11.6. The molecule has 3 saturated carbocycles. The minimum atomic E-state index is -0.241. The topological polar surface area (TPSA) is 69.7 Å². The van der Waals surface area contributed by atoms with Crippen LogP contribution in [0.2, 0.25) is 0 Å². The van der Waals surface area contributed by atoms with Crippen molar-refractivity contribution in [2.45, 2.75) is 91.8 Å². The van der Waals surface area contributed by atoms with Crippen molar-refractivity contribution in [1.29, 1.82) is 0 Å². The Hall–Kier alpha value is -1.65. The largest absolute Gasteiger partial charge is 0.463 e. The number of hydrogen-bond acceptors (Lipinski definition) is 5. The van der Waals surface area contributed by atoms with Gasteiger partial charge in [-0.2, -0.15) is 0 Å². The average Bonchev–Trinajstić information content (AvgIpc) is 2.99. The van der Waals surface area contributed by atoms with Crippen molar-refractivity contribution in [2.24, 2.45) is 34.5 Å². The van der Waals surface area contributed by atoms with Crippen LogP contribution < -0.4 is 0 Å². The molecule has 3 fully saturated rings. The molecule has 0 N–H and O–H groups in total. The maximum Gasteiger partial charge on any atom is 0.302 e. The van der Waals surface area contributed by atoms with Gasteiger partial charge in [0.2, 0.25) is 0 Å². The summed E-state index contributed by atoms with van der Waals surface area (Å²) in [5, 5.41) is 0. The Bertz CT molecular complexity index is 784. The number of Topliss-reactive ketones (excluding diaryl/α,β-unsaturated/α-hetero) is 1. The van der Waals surface area contributed by atoms with Gasteiger partial charge >= 0.3 is 11.9 Å². The number of allylic oxidation sites excluding steroid dienone is 2. The summed E-state index contributed by atoms with van der Waals surface area (Å²) in [5.41, 5.74) is 1.48. The summed E-state index contributed by atoms with van der Waals surface area (Å²) in [5.74, 6) is 0.966. The molecular weight excluding hydrogens is 380 g/mol. The second-order valence-electron chi connectivity index (χ2n) is 10.7. The average molecular weight is 417 g/mol. The molecule has 0 bridgehead atoms. The van der Waals surface area contributed by atoms with E-state index in [9.17, 15) is 14.4 Å². The summed E-state index contributed by atoms with van der Waals surface area (Å²) in [6, 6.07) is 0. The van der Waals surface area contributed by atoms with E-state index < -0.39 is 0 Å². The van der Waals surface area contributed by atoms with E-state index in [-0.39, 0.29) is 46.8 Å². The molecule has 0 amide bonds. The molecule has 0 aromatic carbocycles. The summed E-state index contributed by atoms with van der Waals surface area (Å²) >= 11 is 0. The fourth-order valence-corrected chi connectivity index (χ4v) is 7.86. The maximum atomic E-state index is 12.4. The highest BCUT2D eigenvalue weighted by molar-refractivity contribution is 5.79. The number of carbonyl (C=O) groups excluding carboxylic acids is 3. The second-order valence-corrected chi connectivity index (χ2v) is 10.7. The second kappa shape index (κ2) is 7.49. The number of fused-ring (bicyclic) bond motifs is 5. The zero-order chi connectivity index (χ0) is 21.8. The predicted molar refractivity (Wildman–Crippen MR) is 112 cm³/mol. The van der Waals surface area contributed by atoms with Crippen LogP contribution in [0.5, 0.6) is 0 Å². The number of ketones is 1. The first-order valence-corrected chi connectivity index (χ1v) is 11.6. The molecule has 0 aromatic heterocycles. The summed E-state index contributed by atoms with van der Waals surface area (Å²) in [6.07, 6.45) is 8.54. The molecule has 4 aliphatic rings. The molecule has 4 rings (SSSR count). The van der Waals surface area contributed by atoms with Crippen LogP contribution in [0.4, 0.5) is 0 Å². The van der Waals surface area contributed by atoms with Gasteiger partial charge in [-0.25, -0.2) is 0 Å². The molecule has 0 unspecified atom stereocenters. The van der Waals surface area contributed by atoms with E-state index in [1.54, 1.807) is 6.92 Å². The van der Waals surface area contributed by atoms with Crippen molar-refractivity contribution in [3.05, 3.63) is 11.6 Å². The third-order valence-electron chi connectivity index (χ3n) is 9.11. The van der Waals surface area contributed by atoms with Crippen LogP contribution in [-0.4, -0.2) is 29.9 Å². The molecule has 4 aliphatic carbocycles. The van der Waals surface area contributed by atoms with Crippen LogP contribution in [0.3, 0.4) is 0 Å². The van der Waals surface area contributed by atoms with Crippen molar-refractivity contribution in [2.75, 3.05) is 0 Å². The van der Waals surface area contributed by atoms with Crippen molar-refractivity contribution >= 4 is 17.7 Å². The molecule has 0 radical (unpaired) electrons. The molecule has 5 heteroatoms. The SMILES string of the molecule is CC(=O)O[C@H]1CC[C@]2(C)C3=CC[C@]4(C)[C@@H](C(C)=O)CC[C@H]4[C@@H]3C[C@H](OC(C)=O)[C@H]2C1. The molecule has 8 atom stereocenters. The van der Waals surface area contributed by atoms with Gasteiger partial charge in [0.1, 0.15) is 18.0 Å². The number of hydrogen-bond donors (Lipinski definition) is 0. The fraction of sp³-hybridized carbons (Fsp3) is 0.800. The quantitative estimate of drug-likeness (QED) is 0.496. The Morgan fingerprint density at radius 2 is 1.63 bits per heavy atom. The van der Waals surface area contributed by atoms with Crippen LogP contribution in [0.15, 0.2) is 11.6 Å². The summed E-state index contributed by atoms with van der Waals surface area (Å²) in [6.45, 7) is 9.33. The lowest BCUT2D eigenvalue weighted by atomic mass is 9.48. The van der Waals surface area contributed by atoms with E-state index in [0.717, 1.165) is 44.9 Å². The summed E-state index contributed by atoms with van der Waals surface area (Å²) in [4.78, 5) is 35.9. The molecule has 0 saturated heterocycles. The zero-order valence-corrected chi connectivity index (χ0v) is 19.0. The Morgan fingerprint density at radius 3 is 2.27 bits per heavy atom. The first kappa shape index (κ1) is 21.6.